The van der Waals surface area contributed by atoms with Crippen molar-refractivity contribution in [1.82, 2.24) is 10.2 Å². The molecule has 0 spiro atoms. The largest absolute Gasteiger partial charge is 0.497 e. The lowest BCUT2D eigenvalue weighted by molar-refractivity contribution is -0.140. The van der Waals surface area contributed by atoms with E-state index < -0.39 is 45.8 Å². The number of ether oxygens (including phenoxy) is 1. The predicted molar refractivity (Wildman–Crippen MR) is 158 cm³/mol. The number of benzene rings is 3. The first kappa shape index (κ1) is 32.2. The monoisotopic (exact) mass is 623 g/mol. The summed E-state index contributed by atoms with van der Waals surface area (Å²) in [6.45, 7) is 6.17. The van der Waals surface area contributed by atoms with Gasteiger partial charge in [0.2, 0.25) is 11.8 Å². The molecular formula is C29H32Cl2FN3O5S. The van der Waals surface area contributed by atoms with Crippen molar-refractivity contribution in [3.63, 3.8) is 0 Å². The highest BCUT2D eigenvalue weighted by Crippen LogP contribution is 2.27. The molecule has 1 N–H and O–H groups in total. The molecule has 0 saturated heterocycles. The molecule has 41 heavy (non-hydrogen) atoms. The lowest BCUT2D eigenvalue weighted by Crippen LogP contribution is -2.54. The van der Waals surface area contributed by atoms with Crippen LogP contribution in [0.3, 0.4) is 0 Å². The van der Waals surface area contributed by atoms with Crippen LogP contribution in [0.15, 0.2) is 71.6 Å². The Morgan fingerprint density at radius 1 is 1.00 bits per heavy atom. The smallest absolute Gasteiger partial charge is 0.264 e. The van der Waals surface area contributed by atoms with Crippen LogP contribution in [0.2, 0.25) is 10.0 Å². The van der Waals surface area contributed by atoms with Gasteiger partial charge in [-0.15, -0.1) is 0 Å². The Hall–Kier alpha value is -3.34. The van der Waals surface area contributed by atoms with Crippen LogP contribution in [-0.4, -0.2) is 50.4 Å². The number of hydrogen-bond donors (Lipinski definition) is 1. The second-order valence-electron chi connectivity index (χ2n) is 10.3. The Kier molecular flexibility index (Phi) is 10.3. The van der Waals surface area contributed by atoms with Crippen LogP contribution in [-0.2, 0) is 26.2 Å². The zero-order valence-corrected chi connectivity index (χ0v) is 25.6. The molecule has 0 heterocycles. The van der Waals surface area contributed by atoms with Gasteiger partial charge in [0.1, 0.15) is 24.2 Å². The first-order valence-electron chi connectivity index (χ1n) is 12.6. The normalized spacial score (nSPS) is 12.4. The van der Waals surface area contributed by atoms with E-state index >= 15 is 0 Å². The van der Waals surface area contributed by atoms with Crippen LogP contribution >= 0.6 is 23.2 Å². The third-order valence-corrected chi connectivity index (χ3v) is 8.44. The van der Waals surface area contributed by atoms with Gasteiger partial charge in [-0.1, -0.05) is 29.3 Å². The molecule has 0 unspecified atom stereocenters. The number of nitrogens with one attached hydrogen (secondary N) is 1. The number of methoxy groups -OCH3 is 1. The van der Waals surface area contributed by atoms with E-state index in [1.54, 1.807) is 39.8 Å². The molecule has 0 aromatic heterocycles. The first-order valence-corrected chi connectivity index (χ1v) is 14.8. The zero-order chi connectivity index (χ0) is 30.5. The van der Waals surface area contributed by atoms with Gasteiger partial charge in [0.05, 0.1) is 17.7 Å². The van der Waals surface area contributed by atoms with Crippen molar-refractivity contribution in [2.75, 3.05) is 18.0 Å². The first-order chi connectivity index (χ1) is 19.1. The number of halogens is 3. The lowest BCUT2D eigenvalue weighted by Gasteiger charge is -2.33. The van der Waals surface area contributed by atoms with Crippen molar-refractivity contribution in [1.29, 1.82) is 0 Å². The average Bonchev–Trinajstić information content (AvgIpc) is 2.90. The number of nitrogens with zero attached hydrogens (tertiary/aromatic N) is 2. The Bertz CT molecular complexity index is 1490. The molecule has 1 atom stereocenters. The fraction of sp³-hybridized carbons (Fsp3) is 0.310. The quantitative estimate of drug-likeness (QED) is 0.314. The number of carbonyl (C=O) groups excluding carboxylic acids is 2. The molecular weight excluding hydrogens is 592 g/mol. The Morgan fingerprint density at radius 3 is 2.15 bits per heavy atom. The van der Waals surface area contributed by atoms with E-state index in [0.717, 1.165) is 16.4 Å². The van der Waals surface area contributed by atoms with Gasteiger partial charge in [-0.25, -0.2) is 12.8 Å². The predicted octanol–water partition coefficient (Wildman–Crippen LogP) is 5.67. The van der Waals surface area contributed by atoms with Gasteiger partial charge in [0, 0.05) is 22.1 Å². The maximum absolute atomic E-state index is 13.9. The van der Waals surface area contributed by atoms with Crippen molar-refractivity contribution in [3.05, 3.63) is 88.2 Å². The summed E-state index contributed by atoms with van der Waals surface area (Å²) in [7, 11) is -2.87. The van der Waals surface area contributed by atoms with Gasteiger partial charge >= 0.3 is 0 Å². The summed E-state index contributed by atoms with van der Waals surface area (Å²) in [5.74, 6) is -1.26. The van der Waals surface area contributed by atoms with E-state index in [1.807, 2.05) is 0 Å². The molecule has 12 heteroatoms. The van der Waals surface area contributed by atoms with Crippen LogP contribution in [0.1, 0.15) is 33.3 Å². The SMILES string of the molecule is COc1ccc(S(=O)(=O)N(CC(=O)N(Cc2ccc(Cl)cc2Cl)[C@@H](C)C(=O)NC(C)(C)C)c2ccc(F)cc2)cc1. The van der Waals surface area contributed by atoms with E-state index in [4.69, 9.17) is 27.9 Å². The van der Waals surface area contributed by atoms with Crippen molar-refractivity contribution >= 4 is 50.7 Å². The molecule has 0 bridgehead atoms. The van der Waals surface area contributed by atoms with Gasteiger partial charge in [0.25, 0.3) is 10.0 Å². The Labute approximate surface area is 250 Å². The highest BCUT2D eigenvalue weighted by atomic mass is 35.5. The number of amides is 2. The summed E-state index contributed by atoms with van der Waals surface area (Å²) in [5.41, 5.74) is -0.0199. The molecule has 3 rings (SSSR count). The molecule has 0 radical (unpaired) electrons. The van der Waals surface area contributed by atoms with E-state index in [2.05, 4.69) is 5.32 Å². The minimum atomic E-state index is -4.32. The standard InChI is InChI=1S/C29H32Cl2FN3O5S/c1-19(28(37)33-29(2,3)4)34(17-20-6-7-21(30)16-26(20)31)27(36)18-35(23-10-8-22(32)9-11-23)41(38,39)25-14-12-24(40-5)13-15-25/h6-16,19H,17-18H2,1-5H3,(H,33,37)/t19-/m0/s1. The second-order valence-corrected chi connectivity index (χ2v) is 13.0. The van der Waals surface area contributed by atoms with E-state index in [1.165, 1.54) is 54.5 Å². The molecule has 0 fully saturated rings. The molecule has 0 aliphatic carbocycles. The van der Waals surface area contributed by atoms with E-state index in [9.17, 15) is 22.4 Å². The summed E-state index contributed by atoms with van der Waals surface area (Å²) in [4.78, 5) is 28.2. The molecule has 3 aromatic carbocycles. The van der Waals surface area contributed by atoms with Crippen LogP contribution in [0.25, 0.3) is 0 Å². The van der Waals surface area contributed by atoms with Crippen LogP contribution < -0.4 is 14.4 Å². The highest BCUT2D eigenvalue weighted by Gasteiger charge is 2.33. The maximum Gasteiger partial charge on any atom is 0.264 e. The minimum absolute atomic E-state index is 0.0619. The summed E-state index contributed by atoms with van der Waals surface area (Å²) >= 11 is 12.4. The number of sulfonamides is 1. The van der Waals surface area contributed by atoms with Gasteiger partial charge in [-0.2, -0.15) is 0 Å². The molecule has 0 aliphatic heterocycles. The maximum atomic E-state index is 13.9. The van der Waals surface area contributed by atoms with E-state index in [0.29, 0.717) is 16.3 Å². The number of anilines is 1. The molecule has 3 aromatic rings. The Balaban J connectivity index is 2.05. The lowest BCUT2D eigenvalue weighted by atomic mass is 10.1. The van der Waals surface area contributed by atoms with Gasteiger partial charge in [-0.05, 0) is 93.9 Å². The number of rotatable bonds is 10. The third-order valence-electron chi connectivity index (χ3n) is 6.06. The average molecular weight is 625 g/mol. The summed E-state index contributed by atoms with van der Waals surface area (Å²) < 4.78 is 47.4. The minimum Gasteiger partial charge on any atom is -0.497 e. The van der Waals surface area contributed by atoms with E-state index in [-0.39, 0.29) is 22.2 Å². The van der Waals surface area contributed by atoms with Crippen LogP contribution in [0.5, 0.6) is 5.75 Å². The summed E-state index contributed by atoms with van der Waals surface area (Å²) in [6, 6.07) is 14.1. The van der Waals surface area contributed by atoms with Crippen molar-refractivity contribution in [2.24, 2.45) is 0 Å². The molecule has 0 aliphatic rings. The summed E-state index contributed by atoms with van der Waals surface area (Å²) in [6.07, 6.45) is 0. The second kappa shape index (κ2) is 13.1. The highest BCUT2D eigenvalue weighted by molar-refractivity contribution is 7.92. The molecule has 2 amide bonds. The van der Waals surface area contributed by atoms with Crippen molar-refractivity contribution < 1.29 is 27.1 Å². The number of carbonyl (C=O) groups is 2. The fourth-order valence-corrected chi connectivity index (χ4v) is 5.78. The molecule has 220 valence electrons. The van der Waals surface area contributed by atoms with Gasteiger partial charge in [0.15, 0.2) is 0 Å². The van der Waals surface area contributed by atoms with Gasteiger partial charge < -0.3 is 15.0 Å². The number of hydrogen-bond acceptors (Lipinski definition) is 5. The third kappa shape index (κ3) is 8.34. The molecule has 0 saturated carbocycles. The topological polar surface area (TPSA) is 96.0 Å². The Morgan fingerprint density at radius 2 is 1.61 bits per heavy atom. The van der Waals surface area contributed by atoms with Crippen LogP contribution in [0, 0.1) is 5.82 Å². The van der Waals surface area contributed by atoms with Gasteiger partial charge in [-0.3, -0.25) is 13.9 Å². The van der Waals surface area contributed by atoms with Crippen molar-refractivity contribution in [3.8, 4) is 5.75 Å². The summed E-state index contributed by atoms with van der Waals surface area (Å²) in [5, 5.41) is 3.52. The molecule has 8 nitrogen and oxygen atoms in total. The zero-order valence-electron chi connectivity index (χ0n) is 23.3. The van der Waals surface area contributed by atoms with Crippen LogP contribution in [0.4, 0.5) is 10.1 Å². The van der Waals surface area contributed by atoms with Crippen molar-refractivity contribution in [2.45, 2.75) is 50.7 Å². The fourth-order valence-electron chi connectivity index (χ4n) is 3.90.